The van der Waals surface area contributed by atoms with Crippen molar-refractivity contribution in [3.05, 3.63) is 29.6 Å². The summed E-state index contributed by atoms with van der Waals surface area (Å²) < 4.78 is 17.7. The van der Waals surface area contributed by atoms with E-state index in [-0.39, 0.29) is 6.42 Å². The van der Waals surface area contributed by atoms with Crippen molar-refractivity contribution in [2.45, 2.75) is 12.5 Å². The Morgan fingerprint density at radius 1 is 1.67 bits per heavy atom. The molecule has 3 N–H and O–H groups in total. The van der Waals surface area contributed by atoms with E-state index >= 15 is 0 Å². The fourth-order valence-electron chi connectivity index (χ4n) is 1.21. The minimum Gasteiger partial charge on any atom is -0.496 e. The van der Waals surface area contributed by atoms with E-state index in [0.717, 1.165) is 0 Å². The van der Waals surface area contributed by atoms with Crippen LogP contribution in [-0.4, -0.2) is 24.2 Å². The summed E-state index contributed by atoms with van der Waals surface area (Å²) in [5.74, 6) is -1.22. The molecule has 0 aromatic heterocycles. The second-order valence-electron chi connectivity index (χ2n) is 3.11. The van der Waals surface area contributed by atoms with Crippen molar-refractivity contribution in [3.63, 3.8) is 0 Å². The second kappa shape index (κ2) is 4.75. The maximum Gasteiger partial charge on any atom is 0.320 e. The molecule has 0 heterocycles. The SMILES string of the molecule is COc1cc([18F])ccc1CC(N)C(=O)O. The third kappa shape index (κ3) is 2.92. The predicted molar refractivity (Wildman–Crippen MR) is 52.3 cm³/mol. The van der Waals surface area contributed by atoms with Gasteiger partial charge in [-0.05, 0) is 11.6 Å². The lowest BCUT2D eigenvalue weighted by Crippen LogP contribution is -2.32. The van der Waals surface area contributed by atoms with E-state index in [0.29, 0.717) is 11.3 Å². The monoisotopic (exact) mass is 212 g/mol. The molecule has 1 aromatic carbocycles. The summed E-state index contributed by atoms with van der Waals surface area (Å²) in [7, 11) is 1.39. The molecule has 5 heteroatoms. The molecule has 0 spiro atoms. The van der Waals surface area contributed by atoms with Crippen molar-refractivity contribution in [3.8, 4) is 5.75 Å². The number of hydrogen-bond acceptors (Lipinski definition) is 3. The number of benzene rings is 1. The largest absolute Gasteiger partial charge is 0.496 e. The van der Waals surface area contributed by atoms with Crippen LogP contribution >= 0.6 is 0 Å². The molecule has 4 nitrogen and oxygen atoms in total. The van der Waals surface area contributed by atoms with E-state index in [1.165, 1.54) is 25.3 Å². The number of rotatable bonds is 4. The summed E-state index contributed by atoms with van der Waals surface area (Å²) in [4.78, 5) is 10.5. The normalized spacial score (nSPS) is 12.2. The molecule has 0 fully saturated rings. The van der Waals surface area contributed by atoms with Crippen LogP contribution in [-0.2, 0) is 11.2 Å². The molecule has 15 heavy (non-hydrogen) atoms. The van der Waals surface area contributed by atoms with Crippen LogP contribution in [0.1, 0.15) is 5.56 Å². The topological polar surface area (TPSA) is 72.5 Å². The third-order valence-electron chi connectivity index (χ3n) is 2.01. The Labute approximate surface area is 86.5 Å². The molecular formula is C10H12FNO3. The molecule has 1 unspecified atom stereocenters. The van der Waals surface area contributed by atoms with Crippen LogP contribution in [0.5, 0.6) is 5.75 Å². The van der Waals surface area contributed by atoms with E-state index in [1.807, 2.05) is 0 Å². The van der Waals surface area contributed by atoms with Gasteiger partial charge in [-0.2, -0.15) is 0 Å². The molecule has 1 rings (SSSR count). The fourth-order valence-corrected chi connectivity index (χ4v) is 1.21. The van der Waals surface area contributed by atoms with Crippen LogP contribution in [0.2, 0.25) is 0 Å². The van der Waals surface area contributed by atoms with Crippen LogP contribution in [0.25, 0.3) is 0 Å². The van der Waals surface area contributed by atoms with Crippen molar-refractivity contribution in [2.24, 2.45) is 5.73 Å². The fraction of sp³-hybridized carbons (Fsp3) is 0.300. The minimum atomic E-state index is -1.10. The van der Waals surface area contributed by atoms with Crippen molar-refractivity contribution in [2.75, 3.05) is 7.11 Å². The standard InChI is InChI=1S/C10H12FNO3/c1-15-9-5-7(11)3-2-6(9)4-8(12)10(13)14/h2-3,5,8H,4,12H2,1H3,(H,13,14)/i11-1. The molecule has 0 saturated carbocycles. The number of methoxy groups -OCH3 is 1. The number of halogens is 1. The first kappa shape index (κ1) is 11.5. The molecule has 0 amide bonds. The zero-order valence-corrected chi connectivity index (χ0v) is 8.24. The van der Waals surface area contributed by atoms with Gasteiger partial charge in [-0.15, -0.1) is 0 Å². The first-order chi connectivity index (χ1) is 7.04. The summed E-state index contributed by atoms with van der Waals surface area (Å²) in [5, 5.41) is 8.62. The van der Waals surface area contributed by atoms with Crippen molar-refractivity contribution < 1.29 is 19.0 Å². The van der Waals surface area contributed by atoms with Gasteiger partial charge in [-0.3, -0.25) is 4.79 Å². The average Bonchev–Trinajstić information content (AvgIpc) is 2.20. The maximum atomic E-state index is 12.8. The Morgan fingerprint density at radius 3 is 2.87 bits per heavy atom. The quantitative estimate of drug-likeness (QED) is 0.773. The van der Waals surface area contributed by atoms with Crippen LogP contribution < -0.4 is 10.5 Å². The van der Waals surface area contributed by atoms with Gasteiger partial charge in [-0.25, -0.2) is 4.39 Å². The Bertz CT molecular complexity index is 368. The number of hydrogen-bond donors (Lipinski definition) is 2. The third-order valence-corrected chi connectivity index (χ3v) is 2.01. The van der Waals surface area contributed by atoms with Gasteiger partial charge in [0.1, 0.15) is 17.6 Å². The van der Waals surface area contributed by atoms with Crippen LogP contribution in [0.15, 0.2) is 18.2 Å². The van der Waals surface area contributed by atoms with Gasteiger partial charge in [0.15, 0.2) is 0 Å². The Balaban J connectivity index is 2.89. The first-order valence-corrected chi connectivity index (χ1v) is 4.35. The number of ether oxygens (including phenoxy) is 1. The second-order valence-corrected chi connectivity index (χ2v) is 3.11. The highest BCUT2D eigenvalue weighted by Crippen LogP contribution is 2.20. The van der Waals surface area contributed by atoms with Gasteiger partial charge in [0.2, 0.25) is 0 Å². The molecule has 0 radical (unpaired) electrons. The number of carboxylic acids is 1. The summed E-state index contributed by atoms with van der Waals surface area (Å²) in [6.45, 7) is 0. The number of nitrogens with two attached hydrogens (primary N) is 1. The van der Waals surface area contributed by atoms with E-state index in [9.17, 15) is 9.18 Å². The molecule has 82 valence electrons. The predicted octanol–water partition coefficient (Wildman–Crippen LogP) is 0.789. The molecule has 0 bridgehead atoms. The summed E-state index contributed by atoms with van der Waals surface area (Å²) in [5.41, 5.74) is 5.94. The molecule has 0 aliphatic heterocycles. The van der Waals surface area contributed by atoms with E-state index in [2.05, 4.69) is 0 Å². The maximum absolute atomic E-state index is 12.8. The van der Waals surface area contributed by atoms with Gasteiger partial charge in [0.25, 0.3) is 0 Å². The summed E-state index contributed by atoms with van der Waals surface area (Å²) in [6, 6.07) is 2.90. The summed E-state index contributed by atoms with van der Waals surface area (Å²) in [6.07, 6.45) is 0.110. The van der Waals surface area contributed by atoms with Gasteiger partial charge < -0.3 is 15.6 Å². The van der Waals surface area contributed by atoms with E-state index in [1.54, 1.807) is 0 Å². The van der Waals surface area contributed by atoms with Crippen molar-refractivity contribution >= 4 is 5.97 Å². The first-order valence-electron chi connectivity index (χ1n) is 4.35. The van der Waals surface area contributed by atoms with Crippen LogP contribution in [0, 0.1) is 5.82 Å². The van der Waals surface area contributed by atoms with Gasteiger partial charge in [0, 0.05) is 12.5 Å². The molecule has 1 aromatic rings. The zero-order chi connectivity index (χ0) is 11.4. The van der Waals surface area contributed by atoms with E-state index in [4.69, 9.17) is 15.6 Å². The average molecular weight is 212 g/mol. The van der Waals surface area contributed by atoms with Gasteiger partial charge in [-0.1, -0.05) is 6.07 Å². The molecule has 1 atom stereocenters. The van der Waals surface area contributed by atoms with E-state index < -0.39 is 17.8 Å². The molecule has 0 saturated heterocycles. The molecule has 0 aliphatic rings. The smallest absolute Gasteiger partial charge is 0.320 e. The minimum absolute atomic E-state index is 0.110. The Hall–Kier alpha value is -1.62. The van der Waals surface area contributed by atoms with Gasteiger partial charge in [0.05, 0.1) is 7.11 Å². The highest BCUT2D eigenvalue weighted by atomic mass is 18.2. The lowest BCUT2D eigenvalue weighted by molar-refractivity contribution is -0.138. The Kier molecular flexibility index (Phi) is 3.62. The number of carbonyl (C=O) groups is 1. The number of aliphatic carboxylic acids is 1. The number of carboxylic acid groups (broad SMARTS) is 1. The highest BCUT2D eigenvalue weighted by Gasteiger charge is 2.15. The zero-order valence-electron chi connectivity index (χ0n) is 8.24. The lowest BCUT2D eigenvalue weighted by atomic mass is 10.1. The van der Waals surface area contributed by atoms with Crippen LogP contribution in [0.3, 0.4) is 0 Å². The van der Waals surface area contributed by atoms with Crippen molar-refractivity contribution in [1.82, 2.24) is 0 Å². The van der Waals surface area contributed by atoms with Crippen molar-refractivity contribution in [1.29, 1.82) is 0 Å². The highest BCUT2D eigenvalue weighted by molar-refractivity contribution is 5.73. The summed E-state index contributed by atoms with van der Waals surface area (Å²) >= 11 is 0. The molecular weight excluding hydrogens is 200 g/mol. The Morgan fingerprint density at radius 2 is 2.33 bits per heavy atom. The van der Waals surface area contributed by atoms with Crippen LogP contribution in [0.4, 0.5) is 4.39 Å². The van der Waals surface area contributed by atoms with Gasteiger partial charge >= 0.3 is 5.97 Å². The lowest BCUT2D eigenvalue weighted by Gasteiger charge is -2.10. The molecule has 0 aliphatic carbocycles.